The summed E-state index contributed by atoms with van der Waals surface area (Å²) in [7, 11) is 0. The SMILES string of the molecule is CC1CC(NC(=O)c2ccccc2-c2ccccc2C(=O)O)C1. The van der Waals surface area contributed by atoms with E-state index in [-0.39, 0.29) is 17.5 Å². The van der Waals surface area contributed by atoms with Gasteiger partial charge < -0.3 is 10.4 Å². The number of hydrogen-bond donors (Lipinski definition) is 2. The molecule has 0 bridgehead atoms. The molecular formula is C19H19NO3. The third-order valence-corrected chi connectivity index (χ3v) is 4.33. The fraction of sp³-hybridized carbons (Fsp3) is 0.263. The average molecular weight is 309 g/mol. The van der Waals surface area contributed by atoms with Gasteiger partial charge in [0, 0.05) is 11.6 Å². The van der Waals surface area contributed by atoms with Gasteiger partial charge in [0.15, 0.2) is 0 Å². The molecule has 1 aliphatic carbocycles. The maximum Gasteiger partial charge on any atom is 0.336 e. The van der Waals surface area contributed by atoms with Crippen molar-refractivity contribution < 1.29 is 14.7 Å². The predicted molar refractivity (Wildman–Crippen MR) is 88.5 cm³/mol. The van der Waals surface area contributed by atoms with Crippen molar-refractivity contribution in [2.75, 3.05) is 0 Å². The van der Waals surface area contributed by atoms with Crippen LogP contribution in [0.4, 0.5) is 0 Å². The number of hydrogen-bond acceptors (Lipinski definition) is 2. The number of rotatable bonds is 4. The molecule has 2 aromatic rings. The molecule has 4 heteroatoms. The number of aromatic carboxylic acids is 1. The Morgan fingerprint density at radius 1 is 0.957 bits per heavy atom. The predicted octanol–water partition coefficient (Wildman–Crippen LogP) is 3.58. The zero-order valence-corrected chi connectivity index (χ0v) is 13.0. The van der Waals surface area contributed by atoms with E-state index in [4.69, 9.17) is 0 Å². The summed E-state index contributed by atoms with van der Waals surface area (Å²) in [6, 6.07) is 14.1. The van der Waals surface area contributed by atoms with E-state index in [9.17, 15) is 14.7 Å². The Hall–Kier alpha value is -2.62. The van der Waals surface area contributed by atoms with Gasteiger partial charge in [0.1, 0.15) is 0 Å². The molecule has 4 nitrogen and oxygen atoms in total. The van der Waals surface area contributed by atoms with Crippen molar-refractivity contribution in [3.8, 4) is 11.1 Å². The Kier molecular flexibility index (Phi) is 4.15. The van der Waals surface area contributed by atoms with Crippen LogP contribution in [0.5, 0.6) is 0 Å². The van der Waals surface area contributed by atoms with Crippen molar-refractivity contribution in [3.63, 3.8) is 0 Å². The van der Waals surface area contributed by atoms with Crippen molar-refractivity contribution in [3.05, 3.63) is 59.7 Å². The van der Waals surface area contributed by atoms with Crippen molar-refractivity contribution in [2.45, 2.75) is 25.8 Å². The fourth-order valence-electron chi connectivity index (χ4n) is 3.10. The lowest BCUT2D eigenvalue weighted by molar-refractivity contribution is 0.0697. The quantitative estimate of drug-likeness (QED) is 0.907. The first-order valence-corrected chi connectivity index (χ1v) is 7.79. The Morgan fingerprint density at radius 2 is 1.48 bits per heavy atom. The molecule has 23 heavy (non-hydrogen) atoms. The highest BCUT2D eigenvalue weighted by molar-refractivity contribution is 6.04. The van der Waals surface area contributed by atoms with Crippen LogP contribution in [0, 0.1) is 5.92 Å². The van der Waals surface area contributed by atoms with E-state index in [2.05, 4.69) is 12.2 Å². The molecule has 0 atom stereocenters. The molecule has 1 saturated carbocycles. The first-order chi connectivity index (χ1) is 11.1. The molecule has 0 heterocycles. The Labute approximate surface area is 135 Å². The van der Waals surface area contributed by atoms with Crippen molar-refractivity contribution in [1.82, 2.24) is 5.32 Å². The molecule has 0 unspecified atom stereocenters. The average Bonchev–Trinajstić information content (AvgIpc) is 2.53. The summed E-state index contributed by atoms with van der Waals surface area (Å²) in [5.74, 6) is -0.482. The second-order valence-corrected chi connectivity index (χ2v) is 6.14. The zero-order chi connectivity index (χ0) is 16.4. The molecule has 1 aliphatic rings. The second kappa shape index (κ2) is 6.24. The summed E-state index contributed by atoms with van der Waals surface area (Å²) in [6.45, 7) is 2.17. The highest BCUT2D eigenvalue weighted by Crippen LogP contribution is 2.29. The van der Waals surface area contributed by atoms with Crippen molar-refractivity contribution in [1.29, 1.82) is 0 Å². The van der Waals surface area contributed by atoms with Gasteiger partial charge in [-0.05, 0) is 42.0 Å². The molecule has 0 aromatic heterocycles. The lowest BCUT2D eigenvalue weighted by atomic mass is 9.81. The van der Waals surface area contributed by atoms with E-state index in [1.807, 2.05) is 6.07 Å². The number of carboxylic acids is 1. The number of carbonyl (C=O) groups is 2. The Morgan fingerprint density at radius 3 is 2.04 bits per heavy atom. The third-order valence-electron chi connectivity index (χ3n) is 4.33. The van der Waals surface area contributed by atoms with Gasteiger partial charge in [-0.3, -0.25) is 4.79 Å². The molecule has 2 N–H and O–H groups in total. The number of carbonyl (C=O) groups excluding carboxylic acids is 1. The van der Waals surface area contributed by atoms with Crippen LogP contribution >= 0.6 is 0 Å². The van der Waals surface area contributed by atoms with Gasteiger partial charge in [0.2, 0.25) is 0 Å². The Bertz CT molecular complexity index is 748. The summed E-state index contributed by atoms with van der Waals surface area (Å²) < 4.78 is 0. The molecule has 0 aliphatic heterocycles. The van der Waals surface area contributed by atoms with Gasteiger partial charge in [-0.25, -0.2) is 4.79 Å². The van der Waals surface area contributed by atoms with Gasteiger partial charge in [0.25, 0.3) is 5.91 Å². The van der Waals surface area contributed by atoms with Gasteiger partial charge in [-0.15, -0.1) is 0 Å². The maximum atomic E-state index is 12.6. The Balaban J connectivity index is 1.95. The molecule has 118 valence electrons. The summed E-state index contributed by atoms with van der Waals surface area (Å²) in [4.78, 5) is 24.0. The van der Waals surface area contributed by atoms with Gasteiger partial charge >= 0.3 is 5.97 Å². The molecule has 0 spiro atoms. The summed E-state index contributed by atoms with van der Waals surface area (Å²) >= 11 is 0. The molecule has 0 radical (unpaired) electrons. The van der Waals surface area contributed by atoms with E-state index in [1.54, 1.807) is 42.5 Å². The van der Waals surface area contributed by atoms with Gasteiger partial charge in [-0.2, -0.15) is 0 Å². The van der Waals surface area contributed by atoms with Crippen molar-refractivity contribution >= 4 is 11.9 Å². The molecule has 2 aromatic carbocycles. The first kappa shape index (κ1) is 15.3. The monoisotopic (exact) mass is 309 g/mol. The second-order valence-electron chi connectivity index (χ2n) is 6.14. The highest BCUT2D eigenvalue weighted by Gasteiger charge is 2.27. The van der Waals surface area contributed by atoms with E-state index in [0.717, 1.165) is 12.8 Å². The van der Waals surface area contributed by atoms with E-state index in [0.29, 0.717) is 22.6 Å². The third kappa shape index (κ3) is 3.11. The lowest BCUT2D eigenvalue weighted by Crippen LogP contribution is -2.43. The largest absolute Gasteiger partial charge is 0.478 e. The van der Waals surface area contributed by atoms with Crippen LogP contribution in [0.25, 0.3) is 11.1 Å². The van der Waals surface area contributed by atoms with Crippen LogP contribution < -0.4 is 5.32 Å². The number of benzene rings is 2. The lowest BCUT2D eigenvalue weighted by Gasteiger charge is -2.33. The van der Waals surface area contributed by atoms with Crippen LogP contribution in [0.2, 0.25) is 0 Å². The summed E-state index contributed by atoms with van der Waals surface area (Å²) in [6.07, 6.45) is 2.00. The van der Waals surface area contributed by atoms with E-state index in [1.165, 1.54) is 0 Å². The van der Waals surface area contributed by atoms with Crippen LogP contribution in [0.15, 0.2) is 48.5 Å². The van der Waals surface area contributed by atoms with Crippen molar-refractivity contribution in [2.24, 2.45) is 5.92 Å². The molecule has 0 saturated heterocycles. The van der Waals surface area contributed by atoms with Crippen LogP contribution in [0.1, 0.15) is 40.5 Å². The zero-order valence-electron chi connectivity index (χ0n) is 13.0. The van der Waals surface area contributed by atoms with Crippen LogP contribution in [-0.4, -0.2) is 23.0 Å². The minimum atomic E-state index is -0.997. The fourth-order valence-corrected chi connectivity index (χ4v) is 3.10. The minimum absolute atomic E-state index is 0.141. The normalized spacial score (nSPS) is 19.7. The summed E-state index contributed by atoms with van der Waals surface area (Å²) in [5.41, 5.74) is 1.92. The number of amides is 1. The molecule has 3 rings (SSSR count). The molecule has 1 amide bonds. The number of carboxylic acid groups (broad SMARTS) is 1. The highest BCUT2D eigenvalue weighted by atomic mass is 16.4. The smallest absolute Gasteiger partial charge is 0.336 e. The first-order valence-electron chi connectivity index (χ1n) is 7.79. The number of nitrogens with one attached hydrogen (secondary N) is 1. The van der Waals surface area contributed by atoms with E-state index >= 15 is 0 Å². The van der Waals surface area contributed by atoms with Gasteiger partial charge in [-0.1, -0.05) is 43.3 Å². The van der Waals surface area contributed by atoms with Crippen LogP contribution in [-0.2, 0) is 0 Å². The van der Waals surface area contributed by atoms with E-state index < -0.39 is 5.97 Å². The topological polar surface area (TPSA) is 66.4 Å². The molecule has 1 fully saturated rings. The van der Waals surface area contributed by atoms with Crippen LogP contribution in [0.3, 0.4) is 0 Å². The minimum Gasteiger partial charge on any atom is -0.478 e. The summed E-state index contributed by atoms with van der Waals surface area (Å²) in [5, 5.41) is 12.4. The van der Waals surface area contributed by atoms with Gasteiger partial charge in [0.05, 0.1) is 5.56 Å². The molecular weight excluding hydrogens is 290 g/mol. The maximum absolute atomic E-state index is 12.6. The standard InChI is InChI=1S/C19H19NO3/c1-12-10-13(11-12)20-18(21)16-8-4-2-6-14(16)15-7-3-5-9-17(15)19(22)23/h2-9,12-13H,10-11H2,1H3,(H,20,21)(H,22,23).